The van der Waals surface area contributed by atoms with Gasteiger partial charge >= 0.3 is 0 Å². The number of benzene rings is 1. The molecule has 4 heteroatoms. The number of halogens is 3. The van der Waals surface area contributed by atoms with Crippen molar-refractivity contribution in [2.75, 3.05) is 0 Å². The van der Waals surface area contributed by atoms with E-state index in [1.54, 1.807) is 6.08 Å². The summed E-state index contributed by atoms with van der Waals surface area (Å²) in [5, 5.41) is 0. The van der Waals surface area contributed by atoms with Crippen molar-refractivity contribution in [3.8, 4) is 0 Å². The van der Waals surface area contributed by atoms with Crippen LogP contribution in [0.4, 0.5) is 13.2 Å². The van der Waals surface area contributed by atoms with E-state index in [1.807, 2.05) is 0 Å². The van der Waals surface area contributed by atoms with Gasteiger partial charge in [-0.1, -0.05) is 6.08 Å². The van der Waals surface area contributed by atoms with E-state index < -0.39 is 17.5 Å². The number of hydrogen-bond donors (Lipinski definition) is 1. The van der Waals surface area contributed by atoms with Gasteiger partial charge in [0.15, 0.2) is 11.6 Å². The van der Waals surface area contributed by atoms with Crippen molar-refractivity contribution >= 4 is 0 Å². The van der Waals surface area contributed by atoms with E-state index in [9.17, 15) is 13.2 Å². The normalized spacial score (nSPS) is 12.5. The van der Waals surface area contributed by atoms with Gasteiger partial charge in [0.05, 0.1) is 0 Å². The molecule has 82 valence electrons. The first-order valence-electron chi connectivity index (χ1n) is 4.54. The molecule has 1 rings (SSSR count). The Morgan fingerprint density at radius 2 is 1.80 bits per heavy atom. The average Bonchev–Trinajstić information content (AvgIpc) is 2.14. The van der Waals surface area contributed by atoms with Gasteiger partial charge < -0.3 is 5.73 Å². The zero-order chi connectivity index (χ0) is 11.4. The fourth-order valence-corrected chi connectivity index (χ4v) is 1.30. The summed E-state index contributed by atoms with van der Waals surface area (Å²) in [6.07, 6.45) is 2.26. The third-order valence-electron chi connectivity index (χ3n) is 2.04. The second-order valence-electron chi connectivity index (χ2n) is 3.35. The minimum Gasteiger partial charge on any atom is -0.327 e. The lowest BCUT2D eigenvalue weighted by atomic mass is 10.0. The van der Waals surface area contributed by atoms with Crippen LogP contribution in [0, 0.1) is 17.5 Å². The summed E-state index contributed by atoms with van der Waals surface area (Å²) in [4.78, 5) is 0. The second-order valence-corrected chi connectivity index (χ2v) is 3.35. The van der Waals surface area contributed by atoms with Crippen LogP contribution in [0.15, 0.2) is 24.8 Å². The molecule has 0 spiro atoms. The zero-order valence-electron chi connectivity index (χ0n) is 8.14. The highest BCUT2D eigenvalue weighted by molar-refractivity contribution is 5.21. The summed E-state index contributed by atoms with van der Waals surface area (Å²) in [5.41, 5.74) is 5.71. The molecule has 0 aliphatic carbocycles. The predicted molar refractivity (Wildman–Crippen MR) is 52.8 cm³/mol. The third kappa shape index (κ3) is 3.09. The molecule has 0 heterocycles. The Morgan fingerprint density at radius 3 is 2.40 bits per heavy atom. The van der Waals surface area contributed by atoms with Crippen LogP contribution in [0.1, 0.15) is 12.0 Å². The van der Waals surface area contributed by atoms with Gasteiger partial charge in [-0.05, 0) is 24.5 Å². The van der Waals surface area contributed by atoms with Gasteiger partial charge in [0.2, 0.25) is 0 Å². The van der Waals surface area contributed by atoms with Gasteiger partial charge in [-0.25, -0.2) is 13.2 Å². The zero-order valence-corrected chi connectivity index (χ0v) is 8.14. The highest BCUT2D eigenvalue weighted by atomic mass is 19.2. The van der Waals surface area contributed by atoms with E-state index in [1.165, 1.54) is 0 Å². The van der Waals surface area contributed by atoms with Crippen molar-refractivity contribution in [1.82, 2.24) is 0 Å². The molecule has 0 unspecified atom stereocenters. The van der Waals surface area contributed by atoms with E-state index in [0.29, 0.717) is 12.5 Å². The van der Waals surface area contributed by atoms with Gasteiger partial charge in [0, 0.05) is 12.1 Å². The third-order valence-corrected chi connectivity index (χ3v) is 2.04. The topological polar surface area (TPSA) is 26.0 Å². The van der Waals surface area contributed by atoms with Crippen LogP contribution < -0.4 is 5.73 Å². The summed E-state index contributed by atoms with van der Waals surface area (Å²) in [6, 6.07) is 1.04. The van der Waals surface area contributed by atoms with Crippen LogP contribution in [0.25, 0.3) is 0 Å². The van der Waals surface area contributed by atoms with Crippen LogP contribution in [-0.4, -0.2) is 6.04 Å². The molecule has 0 aliphatic heterocycles. The van der Waals surface area contributed by atoms with E-state index >= 15 is 0 Å². The second kappa shape index (κ2) is 4.98. The van der Waals surface area contributed by atoms with Crippen LogP contribution in [0.5, 0.6) is 0 Å². The highest BCUT2D eigenvalue weighted by Crippen LogP contribution is 2.15. The molecule has 0 radical (unpaired) electrons. The van der Waals surface area contributed by atoms with E-state index in [2.05, 4.69) is 6.58 Å². The van der Waals surface area contributed by atoms with Crippen molar-refractivity contribution in [2.45, 2.75) is 18.9 Å². The lowest BCUT2D eigenvalue weighted by molar-refractivity contribution is 0.487. The summed E-state index contributed by atoms with van der Waals surface area (Å²) in [7, 11) is 0. The van der Waals surface area contributed by atoms with Crippen molar-refractivity contribution in [2.24, 2.45) is 5.73 Å². The Kier molecular flexibility index (Phi) is 3.91. The SMILES string of the molecule is C=CC[C@H](N)Cc1cc(F)c(F)cc1F. The summed E-state index contributed by atoms with van der Waals surface area (Å²) in [6.45, 7) is 3.49. The van der Waals surface area contributed by atoms with Crippen molar-refractivity contribution in [3.05, 3.63) is 47.8 Å². The maximum atomic E-state index is 13.1. The molecule has 1 aromatic carbocycles. The Hall–Kier alpha value is -1.29. The first kappa shape index (κ1) is 11.8. The van der Waals surface area contributed by atoms with Crippen molar-refractivity contribution < 1.29 is 13.2 Å². The summed E-state index contributed by atoms with van der Waals surface area (Å²) < 4.78 is 38.5. The van der Waals surface area contributed by atoms with Crippen LogP contribution >= 0.6 is 0 Å². The molecule has 0 bridgehead atoms. The van der Waals surface area contributed by atoms with Crippen molar-refractivity contribution in [3.63, 3.8) is 0 Å². The molecule has 0 saturated carbocycles. The molecule has 1 nitrogen and oxygen atoms in total. The number of nitrogens with two attached hydrogens (primary N) is 1. The smallest absolute Gasteiger partial charge is 0.161 e. The van der Waals surface area contributed by atoms with Gasteiger partial charge in [-0.2, -0.15) is 0 Å². The Balaban J connectivity index is 2.85. The first-order valence-corrected chi connectivity index (χ1v) is 4.54. The molecule has 0 saturated heterocycles. The molecular weight excluding hydrogens is 203 g/mol. The maximum Gasteiger partial charge on any atom is 0.161 e. The van der Waals surface area contributed by atoms with Gasteiger partial charge in [0.1, 0.15) is 5.82 Å². The van der Waals surface area contributed by atoms with Crippen LogP contribution in [0.2, 0.25) is 0 Å². The molecule has 0 aliphatic rings. The van der Waals surface area contributed by atoms with Gasteiger partial charge in [-0.3, -0.25) is 0 Å². The summed E-state index contributed by atoms with van der Waals surface area (Å²) >= 11 is 0. The van der Waals surface area contributed by atoms with Crippen LogP contribution in [0.3, 0.4) is 0 Å². The largest absolute Gasteiger partial charge is 0.327 e. The van der Waals surface area contributed by atoms with E-state index in [-0.39, 0.29) is 18.0 Å². The Bertz CT molecular complexity index is 363. The molecule has 2 N–H and O–H groups in total. The maximum absolute atomic E-state index is 13.1. The van der Waals surface area contributed by atoms with E-state index in [0.717, 1.165) is 6.07 Å². The summed E-state index contributed by atoms with van der Waals surface area (Å²) in [5.74, 6) is -3.01. The minimum absolute atomic E-state index is 0.0863. The first-order chi connectivity index (χ1) is 7.04. The Morgan fingerprint density at radius 1 is 1.20 bits per heavy atom. The molecule has 0 fully saturated rings. The molecule has 1 aromatic rings. The van der Waals surface area contributed by atoms with Crippen LogP contribution in [-0.2, 0) is 6.42 Å². The predicted octanol–water partition coefficient (Wildman–Crippen LogP) is 2.55. The van der Waals surface area contributed by atoms with Crippen molar-refractivity contribution in [1.29, 1.82) is 0 Å². The van der Waals surface area contributed by atoms with Gasteiger partial charge in [0.25, 0.3) is 0 Å². The Labute approximate surface area is 86.4 Å². The fraction of sp³-hybridized carbons (Fsp3) is 0.273. The minimum atomic E-state index is -1.19. The standard InChI is InChI=1S/C11H12F3N/c1-2-3-8(15)4-7-5-10(13)11(14)6-9(7)12/h2,5-6,8H,1,3-4,15H2/t8-/m0/s1. The molecular formula is C11H12F3N. The number of hydrogen-bond acceptors (Lipinski definition) is 1. The molecule has 1 atom stereocenters. The molecule has 0 aromatic heterocycles. The molecule has 15 heavy (non-hydrogen) atoms. The number of rotatable bonds is 4. The molecule has 0 amide bonds. The van der Waals surface area contributed by atoms with E-state index in [4.69, 9.17) is 5.73 Å². The fourth-order valence-electron chi connectivity index (χ4n) is 1.30. The highest BCUT2D eigenvalue weighted by Gasteiger charge is 2.12. The average molecular weight is 215 g/mol. The van der Waals surface area contributed by atoms with Gasteiger partial charge in [-0.15, -0.1) is 6.58 Å². The monoisotopic (exact) mass is 215 g/mol. The quantitative estimate of drug-likeness (QED) is 0.606. The lowest BCUT2D eigenvalue weighted by Crippen LogP contribution is -2.22. The lowest BCUT2D eigenvalue weighted by Gasteiger charge is -2.10.